The highest BCUT2D eigenvalue weighted by Gasteiger charge is 2.15. The molecule has 0 aliphatic heterocycles. The zero-order valence-electron chi connectivity index (χ0n) is 13.1. The third-order valence-electron chi connectivity index (χ3n) is 3.54. The first kappa shape index (κ1) is 15.9. The molecule has 2 N–H and O–H groups in total. The quantitative estimate of drug-likeness (QED) is 0.882. The average molecular weight is 304 g/mol. The molecule has 0 atom stereocenters. The van der Waals surface area contributed by atoms with Crippen molar-refractivity contribution in [3.05, 3.63) is 55.9 Å². The monoisotopic (exact) mass is 304 g/mol. The van der Waals surface area contributed by atoms with Gasteiger partial charge in [0.05, 0.1) is 14.2 Å². The number of aromatic amines is 2. The number of nitrogens with one attached hydrogen (secondary N) is 2. The number of methoxy groups -OCH3 is 2. The number of hydrogen-bond acceptors (Lipinski definition) is 4. The van der Waals surface area contributed by atoms with Crippen LogP contribution < -0.4 is 20.7 Å². The van der Waals surface area contributed by atoms with Crippen LogP contribution in [0.3, 0.4) is 0 Å². The Morgan fingerprint density at radius 3 is 2.23 bits per heavy atom. The lowest BCUT2D eigenvalue weighted by atomic mass is 9.93. The molecule has 0 radical (unpaired) electrons. The zero-order chi connectivity index (χ0) is 16.3. The van der Waals surface area contributed by atoms with Crippen molar-refractivity contribution in [2.24, 2.45) is 0 Å². The van der Waals surface area contributed by atoms with E-state index in [0.717, 1.165) is 11.1 Å². The van der Waals surface area contributed by atoms with E-state index in [-0.39, 0.29) is 11.5 Å². The van der Waals surface area contributed by atoms with Crippen molar-refractivity contribution in [1.82, 2.24) is 9.97 Å². The molecule has 0 unspecified atom stereocenters. The van der Waals surface area contributed by atoms with Gasteiger partial charge in [0.15, 0.2) is 11.5 Å². The maximum Gasteiger partial charge on any atom is 0.325 e. The number of ether oxygens (including phenoxy) is 2. The summed E-state index contributed by atoms with van der Waals surface area (Å²) in [6.45, 7) is 4.14. The lowest BCUT2D eigenvalue weighted by Crippen LogP contribution is -2.24. The van der Waals surface area contributed by atoms with Crippen LogP contribution in [0.1, 0.15) is 36.5 Å². The molecule has 0 saturated heterocycles. The summed E-state index contributed by atoms with van der Waals surface area (Å²) in [4.78, 5) is 27.7. The summed E-state index contributed by atoms with van der Waals surface area (Å²) in [5.74, 6) is 1.53. The first-order valence-corrected chi connectivity index (χ1v) is 7.02. The molecule has 22 heavy (non-hydrogen) atoms. The fourth-order valence-corrected chi connectivity index (χ4v) is 2.40. The van der Waals surface area contributed by atoms with E-state index in [2.05, 4.69) is 23.8 Å². The number of hydrogen-bond donors (Lipinski definition) is 2. The molecule has 1 aromatic carbocycles. The summed E-state index contributed by atoms with van der Waals surface area (Å²) in [7, 11) is 3.16. The largest absolute Gasteiger partial charge is 0.493 e. The minimum atomic E-state index is -0.509. The van der Waals surface area contributed by atoms with Gasteiger partial charge in [0.2, 0.25) is 0 Å². The summed E-state index contributed by atoms with van der Waals surface area (Å²) < 4.78 is 10.7. The van der Waals surface area contributed by atoms with Crippen LogP contribution in [0, 0.1) is 0 Å². The molecular formula is C16H20N2O4. The lowest BCUT2D eigenvalue weighted by molar-refractivity contribution is 0.354. The Balaban J connectivity index is 2.53. The van der Waals surface area contributed by atoms with Gasteiger partial charge in [0.1, 0.15) is 0 Å². The van der Waals surface area contributed by atoms with Crippen molar-refractivity contribution in [3.63, 3.8) is 0 Å². The van der Waals surface area contributed by atoms with E-state index in [0.29, 0.717) is 23.5 Å². The van der Waals surface area contributed by atoms with Crippen LogP contribution in [0.4, 0.5) is 0 Å². The van der Waals surface area contributed by atoms with Gasteiger partial charge in [-0.25, -0.2) is 4.79 Å². The van der Waals surface area contributed by atoms with Gasteiger partial charge in [-0.3, -0.25) is 9.78 Å². The topological polar surface area (TPSA) is 84.2 Å². The molecule has 2 aromatic rings. The van der Waals surface area contributed by atoms with Crippen molar-refractivity contribution in [2.45, 2.75) is 26.2 Å². The average Bonchev–Trinajstić information content (AvgIpc) is 2.49. The minimum absolute atomic E-state index is 0.261. The van der Waals surface area contributed by atoms with Gasteiger partial charge < -0.3 is 14.5 Å². The molecule has 0 amide bonds. The molecule has 1 heterocycles. The normalized spacial score (nSPS) is 10.8. The van der Waals surface area contributed by atoms with Gasteiger partial charge in [-0.05, 0) is 29.2 Å². The van der Waals surface area contributed by atoms with Gasteiger partial charge in [0, 0.05) is 18.2 Å². The van der Waals surface area contributed by atoms with Crippen LogP contribution in [0.15, 0.2) is 27.9 Å². The molecule has 0 bridgehead atoms. The standard InChI is InChI=1S/C16H20N2O4/c1-9(2)12-7-14(22-4)13(21-3)6-10(12)5-11-8-17-16(20)18-15(11)19/h6-9H,5H2,1-4H3,(H2,17,18,19,20). The van der Waals surface area contributed by atoms with E-state index in [9.17, 15) is 9.59 Å². The molecule has 0 spiro atoms. The van der Waals surface area contributed by atoms with Gasteiger partial charge in [-0.1, -0.05) is 13.8 Å². The molecule has 0 aliphatic rings. The minimum Gasteiger partial charge on any atom is -0.493 e. The van der Waals surface area contributed by atoms with E-state index < -0.39 is 5.69 Å². The predicted octanol–water partition coefficient (Wildman–Crippen LogP) is 1.79. The SMILES string of the molecule is COc1cc(Cc2c[nH]c(=O)[nH]c2=O)c(C(C)C)cc1OC. The van der Waals surface area contributed by atoms with Crippen LogP contribution in [0.5, 0.6) is 11.5 Å². The Hall–Kier alpha value is -2.50. The van der Waals surface area contributed by atoms with Gasteiger partial charge in [-0.15, -0.1) is 0 Å². The Morgan fingerprint density at radius 2 is 1.68 bits per heavy atom. The van der Waals surface area contributed by atoms with Crippen LogP contribution >= 0.6 is 0 Å². The second-order valence-corrected chi connectivity index (χ2v) is 5.33. The summed E-state index contributed by atoms with van der Waals surface area (Å²) in [6.07, 6.45) is 1.85. The highest BCUT2D eigenvalue weighted by Crippen LogP contribution is 2.34. The first-order valence-electron chi connectivity index (χ1n) is 7.02. The second-order valence-electron chi connectivity index (χ2n) is 5.33. The molecule has 0 aliphatic carbocycles. The van der Waals surface area contributed by atoms with E-state index in [1.807, 2.05) is 12.1 Å². The molecular weight excluding hydrogens is 284 g/mol. The van der Waals surface area contributed by atoms with Gasteiger partial charge in [-0.2, -0.15) is 0 Å². The van der Waals surface area contributed by atoms with Gasteiger partial charge in [0.25, 0.3) is 5.56 Å². The van der Waals surface area contributed by atoms with Gasteiger partial charge >= 0.3 is 5.69 Å². The van der Waals surface area contributed by atoms with Crippen molar-refractivity contribution < 1.29 is 9.47 Å². The van der Waals surface area contributed by atoms with E-state index >= 15 is 0 Å². The summed E-state index contributed by atoms with van der Waals surface area (Å²) in [5, 5.41) is 0. The number of H-pyrrole nitrogens is 2. The van der Waals surface area contributed by atoms with E-state index in [1.54, 1.807) is 14.2 Å². The van der Waals surface area contributed by atoms with E-state index in [1.165, 1.54) is 6.20 Å². The number of rotatable bonds is 5. The highest BCUT2D eigenvalue weighted by molar-refractivity contribution is 5.49. The second kappa shape index (κ2) is 6.51. The molecule has 0 saturated carbocycles. The number of aromatic nitrogens is 2. The summed E-state index contributed by atoms with van der Waals surface area (Å²) in [5.41, 5.74) is 1.64. The zero-order valence-corrected chi connectivity index (χ0v) is 13.1. The maximum atomic E-state index is 11.9. The molecule has 118 valence electrons. The maximum absolute atomic E-state index is 11.9. The van der Waals surface area contributed by atoms with Crippen molar-refractivity contribution in [1.29, 1.82) is 0 Å². The van der Waals surface area contributed by atoms with Crippen molar-refractivity contribution in [3.8, 4) is 11.5 Å². The van der Waals surface area contributed by atoms with Crippen LogP contribution in [-0.2, 0) is 6.42 Å². The fraction of sp³-hybridized carbons (Fsp3) is 0.375. The first-order chi connectivity index (χ1) is 10.5. The third-order valence-corrected chi connectivity index (χ3v) is 3.54. The summed E-state index contributed by atoms with van der Waals surface area (Å²) in [6, 6.07) is 3.80. The summed E-state index contributed by atoms with van der Waals surface area (Å²) >= 11 is 0. The van der Waals surface area contributed by atoms with Crippen molar-refractivity contribution >= 4 is 0 Å². The lowest BCUT2D eigenvalue weighted by Gasteiger charge is -2.17. The Kier molecular flexibility index (Phi) is 4.70. The smallest absolute Gasteiger partial charge is 0.325 e. The van der Waals surface area contributed by atoms with Crippen LogP contribution in [0.25, 0.3) is 0 Å². The molecule has 6 nitrogen and oxygen atoms in total. The van der Waals surface area contributed by atoms with E-state index in [4.69, 9.17) is 9.47 Å². The van der Waals surface area contributed by atoms with Crippen molar-refractivity contribution in [2.75, 3.05) is 14.2 Å². The Bertz CT molecular complexity index is 774. The Labute approximate surface area is 128 Å². The third kappa shape index (κ3) is 3.21. The van der Waals surface area contributed by atoms with Crippen LogP contribution in [-0.4, -0.2) is 24.2 Å². The molecule has 6 heteroatoms. The predicted molar refractivity (Wildman–Crippen MR) is 84.1 cm³/mol. The molecule has 2 rings (SSSR count). The Morgan fingerprint density at radius 1 is 1.05 bits per heavy atom. The highest BCUT2D eigenvalue weighted by atomic mass is 16.5. The number of benzene rings is 1. The molecule has 1 aromatic heterocycles. The molecule has 0 fully saturated rings. The van der Waals surface area contributed by atoms with Crippen LogP contribution in [0.2, 0.25) is 0 Å². The fourth-order valence-electron chi connectivity index (χ4n) is 2.40.